The van der Waals surface area contributed by atoms with E-state index in [4.69, 9.17) is 5.73 Å². The molecule has 0 saturated carbocycles. The fourth-order valence-electron chi connectivity index (χ4n) is 0.798. The summed E-state index contributed by atoms with van der Waals surface area (Å²) in [5.74, 6) is -0.596. The molecule has 1 amide bonds. The Bertz CT molecular complexity index is 229. The normalized spacial score (nSPS) is 13.1. The summed E-state index contributed by atoms with van der Waals surface area (Å²) in [5, 5.41) is -0.213. The number of carbonyl (C=O) groups is 2. The van der Waals surface area contributed by atoms with Gasteiger partial charge in [-0.2, -0.15) is 0 Å². The van der Waals surface area contributed by atoms with Gasteiger partial charge in [0.25, 0.3) is 0 Å². The number of hydrogen-bond donors (Lipinski definition) is 1. The third-order valence-electron chi connectivity index (χ3n) is 1.73. The largest absolute Gasteiger partial charge is 0.369 e. The lowest BCUT2D eigenvalue weighted by Gasteiger charge is -2.20. The molecule has 0 radical (unpaired) electrons. The van der Waals surface area contributed by atoms with Crippen molar-refractivity contribution in [2.24, 2.45) is 11.1 Å². The van der Waals surface area contributed by atoms with Crippen molar-refractivity contribution in [1.82, 2.24) is 0 Å². The van der Waals surface area contributed by atoms with Crippen LogP contribution in [0.4, 0.5) is 0 Å². The van der Waals surface area contributed by atoms with Crippen LogP contribution in [0.25, 0.3) is 0 Å². The van der Waals surface area contributed by atoms with Crippen LogP contribution >= 0.6 is 11.8 Å². The van der Waals surface area contributed by atoms with Gasteiger partial charge < -0.3 is 5.73 Å². The molecule has 1 atom stereocenters. The topological polar surface area (TPSA) is 60.2 Å². The number of rotatable bonds is 4. The highest BCUT2D eigenvalue weighted by Gasteiger charge is 2.37. The van der Waals surface area contributed by atoms with Crippen molar-refractivity contribution in [3.63, 3.8) is 0 Å². The Morgan fingerprint density at radius 1 is 1.47 bits per heavy atom. The minimum atomic E-state index is -1.10. The molecule has 2 N–H and O–H groups in total. The van der Waals surface area contributed by atoms with E-state index >= 15 is 0 Å². The number of amides is 1. The first-order valence-corrected chi connectivity index (χ1v) is 6.12. The van der Waals surface area contributed by atoms with E-state index in [1.807, 2.05) is 0 Å². The molecule has 0 aromatic rings. The first-order valence-electron chi connectivity index (χ1n) is 4.89. The molecule has 4 heteroatoms. The predicted octanol–water partition coefficient (Wildman–Crippen LogP) is 2.36. The van der Waals surface area contributed by atoms with Crippen molar-refractivity contribution in [1.29, 1.82) is 0 Å². The standard InChI is InChI=1S/C8H13NO2S.C3H8/c1-4-5-8(2,6(9)10)7(11)12-3;1-3-2/h4H,1,5H2,2-3H3,(H2,9,10);3H2,1-2H3. The molecule has 3 nitrogen and oxygen atoms in total. The van der Waals surface area contributed by atoms with E-state index in [0.717, 1.165) is 11.8 Å². The Labute approximate surface area is 96.5 Å². The third-order valence-corrected chi connectivity index (χ3v) is 2.55. The number of hydrogen-bond acceptors (Lipinski definition) is 3. The van der Waals surface area contributed by atoms with E-state index < -0.39 is 11.3 Å². The molecule has 0 aliphatic heterocycles. The van der Waals surface area contributed by atoms with Crippen LogP contribution in [-0.2, 0) is 9.59 Å². The number of thioether (sulfide) groups is 1. The zero-order chi connectivity index (χ0) is 12.5. The Morgan fingerprint density at radius 3 is 2.07 bits per heavy atom. The van der Waals surface area contributed by atoms with E-state index in [9.17, 15) is 9.59 Å². The molecule has 0 aromatic heterocycles. The van der Waals surface area contributed by atoms with Crippen LogP contribution in [0, 0.1) is 5.41 Å². The summed E-state index contributed by atoms with van der Waals surface area (Å²) in [6.45, 7) is 9.26. The average molecular weight is 231 g/mol. The van der Waals surface area contributed by atoms with Gasteiger partial charge in [0.15, 0.2) is 0 Å². The van der Waals surface area contributed by atoms with Gasteiger partial charge in [-0.15, -0.1) is 6.58 Å². The van der Waals surface area contributed by atoms with Crippen LogP contribution in [-0.4, -0.2) is 17.3 Å². The lowest BCUT2D eigenvalue weighted by atomic mass is 9.88. The van der Waals surface area contributed by atoms with Gasteiger partial charge >= 0.3 is 0 Å². The molecule has 0 aliphatic carbocycles. The Morgan fingerprint density at radius 2 is 1.87 bits per heavy atom. The Hall–Kier alpha value is -0.770. The highest BCUT2D eigenvalue weighted by atomic mass is 32.2. The van der Waals surface area contributed by atoms with Crippen LogP contribution < -0.4 is 5.73 Å². The van der Waals surface area contributed by atoms with Crippen LogP contribution in [0.3, 0.4) is 0 Å². The first-order chi connectivity index (χ1) is 6.90. The second-order valence-electron chi connectivity index (χ2n) is 3.39. The summed E-state index contributed by atoms with van der Waals surface area (Å²) >= 11 is 1.01. The number of primary amides is 1. The maximum Gasteiger partial charge on any atom is 0.232 e. The van der Waals surface area contributed by atoms with Gasteiger partial charge in [-0.05, 0) is 19.6 Å². The summed E-state index contributed by atoms with van der Waals surface area (Å²) in [5.41, 5.74) is 4.02. The molecular weight excluding hydrogens is 210 g/mol. The molecule has 0 spiro atoms. The molecule has 0 saturated heterocycles. The molecule has 0 aliphatic rings. The minimum Gasteiger partial charge on any atom is -0.369 e. The van der Waals surface area contributed by atoms with Gasteiger partial charge in [0.05, 0.1) is 0 Å². The van der Waals surface area contributed by atoms with Gasteiger partial charge in [0.1, 0.15) is 5.41 Å². The van der Waals surface area contributed by atoms with Crippen molar-refractivity contribution < 1.29 is 9.59 Å². The molecule has 1 unspecified atom stereocenters. The van der Waals surface area contributed by atoms with E-state index in [1.54, 1.807) is 6.26 Å². The molecule has 15 heavy (non-hydrogen) atoms. The van der Waals surface area contributed by atoms with E-state index in [-0.39, 0.29) is 5.12 Å². The second-order valence-corrected chi connectivity index (χ2v) is 4.17. The zero-order valence-corrected chi connectivity index (χ0v) is 10.8. The van der Waals surface area contributed by atoms with E-state index in [1.165, 1.54) is 19.4 Å². The number of allylic oxidation sites excluding steroid dienone is 1. The molecule has 88 valence electrons. The van der Waals surface area contributed by atoms with Gasteiger partial charge in [0, 0.05) is 0 Å². The second kappa shape index (κ2) is 8.53. The smallest absolute Gasteiger partial charge is 0.232 e. The molecule has 0 heterocycles. The predicted molar refractivity (Wildman–Crippen MR) is 66.6 cm³/mol. The Kier molecular flexibility index (Phi) is 9.47. The molecule has 0 fully saturated rings. The summed E-state index contributed by atoms with van der Waals surface area (Å²) < 4.78 is 0. The monoisotopic (exact) mass is 231 g/mol. The average Bonchev–Trinajstić information content (AvgIpc) is 2.17. The maximum atomic E-state index is 11.3. The summed E-state index contributed by atoms with van der Waals surface area (Å²) in [6, 6.07) is 0. The van der Waals surface area contributed by atoms with Crippen molar-refractivity contribution in [3.05, 3.63) is 12.7 Å². The molecule has 0 aromatic carbocycles. The van der Waals surface area contributed by atoms with Crippen molar-refractivity contribution in [3.8, 4) is 0 Å². The summed E-state index contributed by atoms with van der Waals surface area (Å²) in [6.07, 6.45) is 4.70. The highest BCUT2D eigenvalue weighted by Crippen LogP contribution is 2.27. The first kappa shape index (κ1) is 16.7. The van der Waals surface area contributed by atoms with Gasteiger partial charge in [-0.25, -0.2) is 0 Å². The molecule has 0 bridgehead atoms. The fourth-order valence-corrected chi connectivity index (χ4v) is 1.43. The highest BCUT2D eigenvalue weighted by molar-refractivity contribution is 8.13. The molecular formula is C11H21NO2S. The van der Waals surface area contributed by atoms with E-state index in [0.29, 0.717) is 6.42 Å². The van der Waals surface area contributed by atoms with E-state index in [2.05, 4.69) is 20.4 Å². The fraction of sp³-hybridized carbons (Fsp3) is 0.636. The number of carbonyl (C=O) groups excluding carboxylic acids is 2. The van der Waals surface area contributed by atoms with Crippen LogP contribution in [0.15, 0.2) is 12.7 Å². The van der Waals surface area contributed by atoms with Crippen molar-refractivity contribution >= 4 is 22.8 Å². The van der Waals surface area contributed by atoms with Gasteiger partial charge in [-0.1, -0.05) is 38.1 Å². The van der Waals surface area contributed by atoms with Gasteiger partial charge in [0.2, 0.25) is 11.0 Å². The van der Waals surface area contributed by atoms with Crippen LogP contribution in [0.5, 0.6) is 0 Å². The third kappa shape index (κ3) is 5.62. The van der Waals surface area contributed by atoms with Gasteiger partial charge in [-0.3, -0.25) is 9.59 Å². The zero-order valence-electron chi connectivity index (χ0n) is 10.0. The van der Waals surface area contributed by atoms with Crippen LogP contribution in [0.1, 0.15) is 33.6 Å². The lowest BCUT2D eigenvalue weighted by Crippen LogP contribution is -2.39. The van der Waals surface area contributed by atoms with Crippen molar-refractivity contribution in [2.75, 3.05) is 6.26 Å². The van der Waals surface area contributed by atoms with Crippen molar-refractivity contribution in [2.45, 2.75) is 33.6 Å². The quantitative estimate of drug-likeness (QED) is 0.597. The Balaban J connectivity index is 0. The summed E-state index contributed by atoms with van der Waals surface area (Å²) in [7, 11) is 0. The summed E-state index contributed by atoms with van der Waals surface area (Å²) in [4.78, 5) is 22.2. The number of nitrogens with two attached hydrogens (primary N) is 1. The maximum absolute atomic E-state index is 11.3. The minimum absolute atomic E-state index is 0.213. The lowest BCUT2D eigenvalue weighted by molar-refractivity contribution is -0.134. The SMILES string of the molecule is C=CCC(C)(C(N)=O)C(=O)SC.CCC. The molecule has 0 rings (SSSR count). The van der Waals surface area contributed by atoms with Crippen LogP contribution in [0.2, 0.25) is 0 Å².